The minimum atomic E-state index is -3.97. The quantitative estimate of drug-likeness (QED) is 0.477. The number of H-pyrrole nitrogens is 1. The third-order valence-electron chi connectivity index (χ3n) is 4.21. The van der Waals surface area contributed by atoms with E-state index in [9.17, 15) is 13.2 Å². The van der Waals surface area contributed by atoms with E-state index in [1.165, 1.54) is 24.9 Å². The zero-order chi connectivity index (χ0) is 20.9. The number of hydrogen-bond acceptors (Lipinski definition) is 6. The van der Waals surface area contributed by atoms with Gasteiger partial charge in [-0.25, -0.2) is 13.4 Å². The highest BCUT2D eigenvalue weighted by atomic mass is 32.2. The van der Waals surface area contributed by atoms with Crippen LogP contribution >= 0.6 is 11.8 Å². The highest BCUT2D eigenvalue weighted by Crippen LogP contribution is 2.23. The van der Waals surface area contributed by atoms with Crippen LogP contribution in [0.1, 0.15) is 6.42 Å². The summed E-state index contributed by atoms with van der Waals surface area (Å²) in [5.41, 5.74) is 1.48. The van der Waals surface area contributed by atoms with E-state index in [0.717, 1.165) is 5.52 Å². The average molecular weight is 435 g/mol. The number of methoxy groups -OCH3 is 1. The van der Waals surface area contributed by atoms with Gasteiger partial charge >= 0.3 is 0 Å². The lowest BCUT2D eigenvalue weighted by Gasteiger charge is -2.18. The molecule has 0 radical (unpaired) electrons. The van der Waals surface area contributed by atoms with E-state index in [1.54, 1.807) is 18.2 Å². The summed E-state index contributed by atoms with van der Waals surface area (Å²) in [5.74, 6) is 0.590. The van der Waals surface area contributed by atoms with E-state index >= 15 is 0 Å². The lowest BCUT2D eigenvalue weighted by Crippen LogP contribution is -2.44. The van der Waals surface area contributed by atoms with Crippen LogP contribution in [0.25, 0.3) is 11.0 Å². The molecule has 3 rings (SSSR count). The number of thioether (sulfide) groups is 1. The lowest BCUT2D eigenvalue weighted by atomic mass is 10.2. The highest BCUT2D eigenvalue weighted by molar-refractivity contribution is 7.98. The van der Waals surface area contributed by atoms with Gasteiger partial charge in [-0.1, -0.05) is 24.3 Å². The predicted octanol–water partition coefficient (Wildman–Crippen LogP) is 2.61. The summed E-state index contributed by atoms with van der Waals surface area (Å²) in [6.45, 7) is 0. The number of aromatic nitrogens is 2. The SMILES string of the molecule is COc1ccccc1S(=O)(=O)NC(CCSC)C(=O)Nc1nc2ccccc2[nH]1. The first kappa shape index (κ1) is 21.2. The number of fused-ring (bicyclic) bond motifs is 1. The van der Waals surface area contributed by atoms with Crippen LogP contribution in [0.4, 0.5) is 5.95 Å². The van der Waals surface area contributed by atoms with Crippen LogP contribution in [0.15, 0.2) is 53.4 Å². The summed E-state index contributed by atoms with van der Waals surface area (Å²) < 4.78 is 33.4. The largest absolute Gasteiger partial charge is 0.495 e. The molecule has 8 nitrogen and oxygen atoms in total. The van der Waals surface area contributed by atoms with E-state index < -0.39 is 22.0 Å². The van der Waals surface area contributed by atoms with Gasteiger partial charge in [-0.3, -0.25) is 10.1 Å². The van der Waals surface area contributed by atoms with Crippen molar-refractivity contribution < 1.29 is 17.9 Å². The van der Waals surface area contributed by atoms with Crippen molar-refractivity contribution in [2.75, 3.05) is 24.4 Å². The molecule has 0 spiro atoms. The molecular weight excluding hydrogens is 412 g/mol. The number of aromatic amines is 1. The molecule has 0 aliphatic rings. The van der Waals surface area contributed by atoms with Gasteiger partial charge in [-0.2, -0.15) is 16.5 Å². The van der Waals surface area contributed by atoms with Crippen LogP contribution < -0.4 is 14.8 Å². The number of carbonyl (C=O) groups excluding carboxylic acids is 1. The maximum absolute atomic E-state index is 12.9. The van der Waals surface area contributed by atoms with Gasteiger partial charge < -0.3 is 9.72 Å². The second-order valence-corrected chi connectivity index (χ2v) is 8.87. The number of ether oxygens (including phenoxy) is 1. The van der Waals surface area contributed by atoms with Crippen molar-refractivity contribution in [3.8, 4) is 5.75 Å². The van der Waals surface area contributed by atoms with Crippen molar-refractivity contribution in [2.24, 2.45) is 0 Å². The van der Waals surface area contributed by atoms with Crippen molar-refractivity contribution in [3.63, 3.8) is 0 Å². The molecule has 3 aromatic rings. The van der Waals surface area contributed by atoms with Gasteiger partial charge in [0.25, 0.3) is 0 Å². The molecule has 0 aliphatic heterocycles. The second-order valence-electron chi connectivity index (χ2n) is 6.20. The van der Waals surface area contributed by atoms with Crippen molar-refractivity contribution >= 4 is 44.7 Å². The number of nitrogens with zero attached hydrogens (tertiary/aromatic N) is 1. The summed E-state index contributed by atoms with van der Waals surface area (Å²) in [5, 5.41) is 2.67. The van der Waals surface area contributed by atoms with Gasteiger partial charge in [0.15, 0.2) is 0 Å². The number of imidazole rings is 1. The third kappa shape index (κ3) is 5.08. The Morgan fingerprint density at radius 1 is 1.21 bits per heavy atom. The average Bonchev–Trinajstić information content (AvgIpc) is 3.13. The molecule has 0 bridgehead atoms. The van der Waals surface area contributed by atoms with Gasteiger partial charge in [0.1, 0.15) is 16.7 Å². The van der Waals surface area contributed by atoms with Gasteiger partial charge in [0, 0.05) is 0 Å². The molecule has 1 heterocycles. The Balaban J connectivity index is 1.81. The van der Waals surface area contributed by atoms with Gasteiger partial charge in [0.05, 0.1) is 18.1 Å². The Bertz CT molecular complexity index is 1070. The number of hydrogen-bond donors (Lipinski definition) is 3. The fraction of sp³-hybridized carbons (Fsp3) is 0.263. The number of nitrogens with one attached hydrogen (secondary N) is 3. The van der Waals surface area contributed by atoms with Gasteiger partial charge in [0.2, 0.25) is 21.9 Å². The maximum Gasteiger partial charge on any atom is 0.244 e. The molecule has 0 fully saturated rings. The summed E-state index contributed by atoms with van der Waals surface area (Å²) in [6.07, 6.45) is 2.21. The normalized spacial score (nSPS) is 12.6. The van der Waals surface area contributed by atoms with Crippen LogP contribution in [0.2, 0.25) is 0 Å². The van der Waals surface area contributed by atoms with Crippen molar-refractivity contribution in [2.45, 2.75) is 17.4 Å². The third-order valence-corrected chi connectivity index (χ3v) is 6.37. The molecule has 10 heteroatoms. The first-order valence-corrected chi connectivity index (χ1v) is 11.7. The van der Waals surface area contributed by atoms with Crippen LogP contribution in [-0.2, 0) is 14.8 Å². The molecule has 1 atom stereocenters. The first-order valence-electron chi connectivity index (χ1n) is 8.84. The van der Waals surface area contributed by atoms with Crippen LogP contribution in [0, 0.1) is 0 Å². The Labute approximate surface area is 173 Å². The van der Waals surface area contributed by atoms with E-state index in [2.05, 4.69) is 20.0 Å². The Hall–Kier alpha value is -2.56. The molecule has 29 heavy (non-hydrogen) atoms. The van der Waals surface area contributed by atoms with Crippen molar-refractivity contribution in [1.29, 1.82) is 0 Å². The van der Waals surface area contributed by atoms with Crippen LogP contribution in [0.5, 0.6) is 5.75 Å². The molecule has 3 N–H and O–H groups in total. The van der Waals surface area contributed by atoms with Crippen molar-refractivity contribution in [1.82, 2.24) is 14.7 Å². The molecule has 1 aromatic heterocycles. The number of benzene rings is 2. The number of sulfonamides is 1. The van der Waals surface area contributed by atoms with Crippen LogP contribution in [0.3, 0.4) is 0 Å². The summed E-state index contributed by atoms with van der Waals surface area (Å²) in [4.78, 5) is 20.1. The van der Waals surface area contributed by atoms with E-state index in [0.29, 0.717) is 17.7 Å². The van der Waals surface area contributed by atoms with E-state index in [-0.39, 0.29) is 16.6 Å². The summed E-state index contributed by atoms with van der Waals surface area (Å²) in [6, 6.07) is 12.7. The first-order chi connectivity index (χ1) is 13.9. The Kier molecular flexibility index (Phi) is 6.78. The summed E-state index contributed by atoms with van der Waals surface area (Å²) >= 11 is 1.52. The maximum atomic E-state index is 12.9. The highest BCUT2D eigenvalue weighted by Gasteiger charge is 2.28. The fourth-order valence-corrected chi connectivity index (χ4v) is 4.66. The minimum absolute atomic E-state index is 0.0202. The molecular formula is C19H22N4O4S2. The lowest BCUT2D eigenvalue weighted by molar-refractivity contribution is -0.117. The molecule has 154 valence electrons. The standard InChI is InChI=1S/C19H22N4O4S2/c1-27-16-9-5-6-10-17(16)29(25,26)23-15(11-12-28-2)18(24)22-19-20-13-7-3-4-8-14(13)21-19/h3-10,15,23H,11-12H2,1-2H3,(H2,20,21,22,24). The van der Waals surface area contributed by atoms with Crippen molar-refractivity contribution in [3.05, 3.63) is 48.5 Å². The number of amides is 1. The zero-order valence-electron chi connectivity index (χ0n) is 16.0. The minimum Gasteiger partial charge on any atom is -0.495 e. The summed E-state index contributed by atoms with van der Waals surface area (Å²) in [7, 11) is -2.57. The molecule has 1 amide bonds. The van der Waals surface area contributed by atoms with E-state index in [1.807, 2.05) is 30.5 Å². The second kappa shape index (κ2) is 9.29. The van der Waals surface area contributed by atoms with E-state index in [4.69, 9.17) is 4.74 Å². The molecule has 2 aromatic carbocycles. The number of rotatable bonds is 9. The smallest absolute Gasteiger partial charge is 0.244 e. The molecule has 0 aliphatic carbocycles. The van der Waals surface area contributed by atoms with Gasteiger partial charge in [-0.05, 0) is 42.7 Å². The molecule has 0 saturated carbocycles. The van der Waals surface area contributed by atoms with Crippen LogP contribution in [-0.4, -0.2) is 49.5 Å². The number of para-hydroxylation sites is 3. The van der Waals surface area contributed by atoms with Gasteiger partial charge in [-0.15, -0.1) is 0 Å². The Morgan fingerprint density at radius 2 is 1.93 bits per heavy atom. The molecule has 1 unspecified atom stereocenters. The predicted molar refractivity (Wildman–Crippen MR) is 115 cm³/mol. The zero-order valence-corrected chi connectivity index (χ0v) is 17.6. The topological polar surface area (TPSA) is 113 Å². The number of carbonyl (C=O) groups is 1. The number of anilines is 1. The molecule has 0 saturated heterocycles. The monoisotopic (exact) mass is 434 g/mol. The fourth-order valence-electron chi connectivity index (χ4n) is 2.79. The Morgan fingerprint density at radius 3 is 2.66 bits per heavy atom.